The third-order valence-corrected chi connectivity index (χ3v) is 4.48. The van der Waals surface area contributed by atoms with E-state index in [1.807, 2.05) is 0 Å². The summed E-state index contributed by atoms with van der Waals surface area (Å²) in [5, 5.41) is 19.5. The summed E-state index contributed by atoms with van der Waals surface area (Å²) in [6, 6.07) is 10.8. The summed E-state index contributed by atoms with van der Waals surface area (Å²) in [7, 11) is -2.89. The highest BCUT2D eigenvalue weighted by atomic mass is 32.2. The van der Waals surface area contributed by atoms with Gasteiger partial charge in [-0.3, -0.25) is 9.89 Å². The molecule has 1 unspecified atom stereocenters. The lowest BCUT2D eigenvalue weighted by Gasteiger charge is -2.06. The first kappa shape index (κ1) is 15.0. The van der Waals surface area contributed by atoms with E-state index in [1.165, 1.54) is 24.5 Å². The molecular weight excluding hydrogens is 316 g/mol. The van der Waals surface area contributed by atoms with Crippen LogP contribution in [0.2, 0.25) is 0 Å². The smallest absolute Gasteiger partial charge is 0.256 e. The molecule has 0 saturated carbocycles. The molecule has 3 rings (SSSR count). The third-order valence-electron chi connectivity index (χ3n) is 3.32. The number of nitrogens with zero attached hydrogens (tertiary/aromatic N) is 1. The van der Waals surface area contributed by atoms with Crippen molar-refractivity contribution in [3.05, 3.63) is 48.0 Å². The van der Waals surface area contributed by atoms with E-state index in [0.29, 0.717) is 27.2 Å². The lowest BCUT2D eigenvalue weighted by molar-refractivity contribution is 0.102. The zero-order valence-corrected chi connectivity index (χ0v) is 13.0. The van der Waals surface area contributed by atoms with Gasteiger partial charge < -0.3 is 10.4 Å². The van der Waals surface area contributed by atoms with Crippen LogP contribution in [-0.2, 0) is 9.73 Å². The van der Waals surface area contributed by atoms with Gasteiger partial charge in [-0.1, -0.05) is 6.07 Å². The topological polar surface area (TPSA) is 119 Å². The molecule has 7 nitrogen and oxygen atoms in total. The largest absolute Gasteiger partial charge is 0.508 e. The zero-order chi connectivity index (χ0) is 16.6. The number of fused-ring (bicyclic) bond motifs is 1. The Hall–Kier alpha value is -2.87. The number of aromatic hydroxyl groups is 1. The summed E-state index contributed by atoms with van der Waals surface area (Å²) >= 11 is 0. The second-order valence-corrected chi connectivity index (χ2v) is 7.29. The maximum absolute atomic E-state index is 12.3. The molecule has 8 heteroatoms. The monoisotopic (exact) mass is 330 g/mol. The predicted molar refractivity (Wildman–Crippen MR) is 87.2 cm³/mol. The highest BCUT2D eigenvalue weighted by Gasteiger charge is 2.13. The van der Waals surface area contributed by atoms with Crippen LogP contribution in [0.3, 0.4) is 0 Å². The van der Waals surface area contributed by atoms with E-state index < -0.39 is 15.6 Å². The average Bonchev–Trinajstić information content (AvgIpc) is 2.88. The Kier molecular flexibility index (Phi) is 3.53. The number of aromatic amines is 1. The van der Waals surface area contributed by atoms with Gasteiger partial charge in [0.25, 0.3) is 5.91 Å². The molecular formula is C15H14N4O3S. The van der Waals surface area contributed by atoms with E-state index >= 15 is 0 Å². The second-order valence-electron chi connectivity index (χ2n) is 5.13. The Morgan fingerprint density at radius 2 is 2.09 bits per heavy atom. The van der Waals surface area contributed by atoms with E-state index in [9.17, 15) is 14.1 Å². The Bertz CT molecular complexity index is 1010. The Balaban J connectivity index is 1.92. The first-order valence-corrected chi connectivity index (χ1v) is 8.63. The van der Waals surface area contributed by atoms with E-state index in [0.717, 1.165) is 0 Å². The van der Waals surface area contributed by atoms with Gasteiger partial charge in [0.15, 0.2) is 5.82 Å². The molecule has 0 radical (unpaired) electrons. The van der Waals surface area contributed by atoms with Gasteiger partial charge in [0, 0.05) is 28.2 Å². The lowest BCUT2D eigenvalue weighted by atomic mass is 10.2. The summed E-state index contributed by atoms with van der Waals surface area (Å²) in [6.45, 7) is 0. The van der Waals surface area contributed by atoms with Crippen molar-refractivity contribution in [3.8, 4) is 5.75 Å². The van der Waals surface area contributed by atoms with Gasteiger partial charge in [-0.15, -0.1) is 0 Å². The maximum atomic E-state index is 12.3. The molecule has 1 heterocycles. The summed E-state index contributed by atoms with van der Waals surface area (Å²) in [5.74, 6) is 0.00960. The fourth-order valence-electron chi connectivity index (χ4n) is 2.16. The van der Waals surface area contributed by atoms with Gasteiger partial charge in [0.1, 0.15) is 5.75 Å². The molecule has 2 aromatic carbocycles. The summed E-state index contributed by atoms with van der Waals surface area (Å²) in [5.41, 5.74) is 0.885. The number of benzene rings is 2. The second kappa shape index (κ2) is 5.40. The van der Waals surface area contributed by atoms with E-state index in [2.05, 4.69) is 15.5 Å². The number of amides is 1. The minimum atomic E-state index is -2.89. The molecule has 0 fully saturated rings. The van der Waals surface area contributed by atoms with Crippen molar-refractivity contribution in [1.82, 2.24) is 10.2 Å². The van der Waals surface area contributed by atoms with Crippen LogP contribution in [0.4, 0.5) is 5.82 Å². The van der Waals surface area contributed by atoms with Crippen molar-refractivity contribution in [2.75, 3.05) is 11.6 Å². The van der Waals surface area contributed by atoms with E-state index in [-0.39, 0.29) is 5.75 Å². The van der Waals surface area contributed by atoms with Crippen molar-refractivity contribution in [1.29, 1.82) is 4.78 Å². The van der Waals surface area contributed by atoms with Crippen LogP contribution in [-0.4, -0.2) is 31.7 Å². The number of nitrogens with one attached hydrogen (secondary N) is 3. The third kappa shape index (κ3) is 3.02. The maximum Gasteiger partial charge on any atom is 0.256 e. The van der Waals surface area contributed by atoms with Crippen LogP contribution in [0, 0.1) is 4.78 Å². The number of aromatic nitrogens is 2. The summed E-state index contributed by atoms with van der Waals surface area (Å²) in [6.07, 6.45) is 1.30. The van der Waals surface area contributed by atoms with Crippen LogP contribution < -0.4 is 5.32 Å². The average molecular weight is 330 g/mol. The van der Waals surface area contributed by atoms with Crippen molar-refractivity contribution in [3.63, 3.8) is 0 Å². The molecule has 0 aliphatic carbocycles. The number of carbonyl (C=O) groups is 1. The fraction of sp³-hybridized carbons (Fsp3) is 0.0667. The number of hydrogen-bond donors (Lipinski definition) is 4. The van der Waals surface area contributed by atoms with Crippen molar-refractivity contribution in [2.45, 2.75) is 4.90 Å². The van der Waals surface area contributed by atoms with Crippen LogP contribution in [0.15, 0.2) is 47.4 Å². The molecule has 0 aliphatic heterocycles. The number of phenolic OH excluding ortho intramolecular Hbond substituents is 1. The number of hydrogen-bond acceptors (Lipinski definition) is 5. The Morgan fingerprint density at radius 3 is 2.83 bits per heavy atom. The van der Waals surface area contributed by atoms with Crippen molar-refractivity contribution < 1.29 is 14.1 Å². The van der Waals surface area contributed by atoms with E-state index in [1.54, 1.807) is 24.3 Å². The quantitative estimate of drug-likeness (QED) is 0.590. The van der Waals surface area contributed by atoms with Crippen LogP contribution >= 0.6 is 0 Å². The van der Waals surface area contributed by atoms with Gasteiger partial charge in [-0.25, -0.2) is 8.99 Å². The number of rotatable bonds is 3. The minimum absolute atomic E-state index is 0.0971. The SMILES string of the molecule is CS(=N)(=O)c1cccc(C(=O)Nc2n[nH]c3cc(O)ccc23)c1. The zero-order valence-electron chi connectivity index (χ0n) is 12.2. The molecule has 0 bridgehead atoms. The van der Waals surface area contributed by atoms with Crippen molar-refractivity contribution in [2.24, 2.45) is 0 Å². The van der Waals surface area contributed by atoms with Crippen LogP contribution in [0.5, 0.6) is 5.75 Å². The summed E-state index contributed by atoms with van der Waals surface area (Å²) in [4.78, 5) is 12.6. The lowest BCUT2D eigenvalue weighted by Crippen LogP contribution is -2.13. The number of H-pyrrole nitrogens is 1. The normalized spacial score (nSPS) is 13.6. The summed E-state index contributed by atoms with van der Waals surface area (Å²) < 4.78 is 19.4. The van der Waals surface area contributed by atoms with Gasteiger partial charge in [-0.05, 0) is 30.3 Å². The van der Waals surface area contributed by atoms with Crippen LogP contribution in [0.1, 0.15) is 10.4 Å². The fourth-order valence-corrected chi connectivity index (χ4v) is 2.85. The molecule has 4 N–H and O–H groups in total. The first-order chi connectivity index (χ1) is 10.8. The molecule has 1 atom stereocenters. The number of phenols is 1. The molecule has 1 aromatic heterocycles. The molecule has 0 spiro atoms. The predicted octanol–water partition coefficient (Wildman–Crippen LogP) is 2.56. The minimum Gasteiger partial charge on any atom is -0.508 e. The standard InChI is InChI=1S/C15H14N4O3S/c1-23(16,22)11-4-2-3-9(7-11)15(21)17-14-12-6-5-10(20)8-13(12)18-19-14/h2-8,16,20H,1H3,(H2,17,18,19,21). The van der Waals surface area contributed by atoms with Gasteiger partial charge in [0.2, 0.25) is 0 Å². The Labute approximate surface area is 132 Å². The van der Waals surface area contributed by atoms with E-state index in [4.69, 9.17) is 4.78 Å². The molecule has 118 valence electrons. The molecule has 0 saturated heterocycles. The first-order valence-electron chi connectivity index (χ1n) is 6.67. The number of anilines is 1. The highest BCUT2D eigenvalue weighted by molar-refractivity contribution is 7.91. The number of carbonyl (C=O) groups excluding carboxylic acids is 1. The highest BCUT2D eigenvalue weighted by Crippen LogP contribution is 2.24. The van der Waals surface area contributed by atoms with Gasteiger partial charge in [-0.2, -0.15) is 5.10 Å². The Morgan fingerprint density at radius 1 is 1.30 bits per heavy atom. The van der Waals surface area contributed by atoms with Crippen LogP contribution in [0.25, 0.3) is 10.9 Å². The molecule has 1 amide bonds. The van der Waals surface area contributed by atoms with Gasteiger partial charge in [0.05, 0.1) is 15.2 Å². The molecule has 0 aliphatic rings. The molecule has 3 aromatic rings. The van der Waals surface area contributed by atoms with Crippen molar-refractivity contribution >= 4 is 32.4 Å². The van der Waals surface area contributed by atoms with Gasteiger partial charge >= 0.3 is 0 Å². The molecule has 23 heavy (non-hydrogen) atoms.